The molecule has 2 rings (SSSR count). The van der Waals surface area contributed by atoms with Crippen LogP contribution in [0.4, 0.5) is 4.79 Å². The number of nitrogens with one attached hydrogen (secondary N) is 1. The fourth-order valence-corrected chi connectivity index (χ4v) is 2.73. The Kier molecular flexibility index (Phi) is 4.20. The number of likely N-dealkylation sites (tertiary alicyclic amines) is 1. The number of carbonyl (C=O) groups is 2. The van der Waals surface area contributed by atoms with Crippen LogP contribution in [0.1, 0.15) is 26.1 Å². The predicted molar refractivity (Wildman–Crippen MR) is 76.5 cm³/mol. The van der Waals surface area contributed by atoms with Gasteiger partial charge in [0.15, 0.2) is 0 Å². The number of aromatic nitrogens is 2. The molecule has 2 heterocycles. The van der Waals surface area contributed by atoms with E-state index in [1.807, 2.05) is 31.7 Å². The lowest BCUT2D eigenvalue weighted by Gasteiger charge is -2.28. The molecule has 1 atom stereocenters. The number of aryl methyl sites for hydroxylation is 1. The lowest BCUT2D eigenvalue weighted by atomic mass is 9.76. The van der Waals surface area contributed by atoms with Gasteiger partial charge in [0, 0.05) is 32.5 Å². The van der Waals surface area contributed by atoms with Crippen LogP contribution in [0.3, 0.4) is 0 Å². The molecule has 1 fully saturated rings. The van der Waals surface area contributed by atoms with E-state index in [9.17, 15) is 14.7 Å². The van der Waals surface area contributed by atoms with Gasteiger partial charge in [-0.15, -0.1) is 0 Å². The highest BCUT2D eigenvalue weighted by molar-refractivity contribution is 5.80. The number of rotatable bonds is 4. The molecule has 1 aliphatic heterocycles. The second-order valence-electron chi connectivity index (χ2n) is 5.90. The molecule has 0 aliphatic carbocycles. The Morgan fingerprint density at radius 3 is 2.71 bits per heavy atom. The van der Waals surface area contributed by atoms with Crippen molar-refractivity contribution in [3.63, 3.8) is 0 Å². The van der Waals surface area contributed by atoms with Crippen LogP contribution in [0, 0.1) is 11.3 Å². The van der Waals surface area contributed by atoms with Crippen molar-refractivity contribution in [1.29, 1.82) is 0 Å². The van der Waals surface area contributed by atoms with E-state index in [-0.39, 0.29) is 18.5 Å². The van der Waals surface area contributed by atoms with Crippen LogP contribution in [0.2, 0.25) is 0 Å². The van der Waals surface area contributed by atoms with E-state index in [4.69, 9.17) is 0 Å². The van der Waals surface area contributed by atoms with Gasteiger partial charge in [0.1, 0.15) is 5.82 Å². The van der Waals surface area contributed by atoms with Crippen LogP contribution < -0.4 is 5.32 Å². The monoisotopic (exact) mass is 294 g/mol. The molecule has 21 heavy (non-hydrogen) atoms. The highest BCUT2D eigenvalue weighted by atomic mass is 16.4. The molecule has 1 aromatic heterocycles. The highest BCUT2D eigenvalue weighted by Crippen LogP contribution is 2.38. The lowest BCUT2D eigenvalue weighted by Crippen LogP contribution is -2.43. The number of amides is 2. The third-order valence-corrected chi connectivity index (χ3v) is 4.44. The summed E-state index contributed by atoms with van der Waals surface area (Å²) >= 11 is 0. The quantitative estimate of drug-likeness (QED) is 0.869. The minimum absolute atomic E-state index is 0.0117. The molecule has 7 nitrogen and oxygen atoms in total. The minimum atomic E-state index is -0.833. The minimum Gasteiger partial charge on any atom is -0.481 e. The Bertz CT molecular complexity index is 540. The number of carboxylic acids is 1. The smallest absolute Gasteiger partial charge is 0.317 e. The topological polar surface area (TPSA) is 87.5 Å². The fraction of sp³-hybridized carbons (Fsp3) is 0.643. The number of carbonyl (C=O) groups excluding carboxylic acids is 1. The number of nitrogens with zero attached hydrogens (tertiary/aromatic N) is 3. The maximum Gasteiger partial charge on any atom is 0.317 e. The summed E-state index contributed by atoms with van der Waals surface area (Å²) in [5.74, 6) is -0.0739. The molecule has 2 N–H and O–H groups in total. The number of carboxylic acid groups (broad SMARTS) is 1. The summed E-state index contributed by atoms with van der Waals surface area (Å²) in [5.41, 5.74) is -0.833. The molecule has 0 spiro atoms. The van der Waals surface area contributed by atoms with E-state index in [0.717, 1.165) is 5.82 Å². The lowest BCUT2D eigenvalue weighted by molar-refractivity contribution is -0.150. The molecule has 1 saturated heterocycles. The summed E-state index contributed by atoms with van der Waals surface area (Å²) in [6.07, 6.45) is 3.98. The van der Waals surface area contributed by atoms with Crippen molar-refractivity contribution in [2.24, 2.45) is 18.4 Å². The summed E-state index contributed by atoms with van der Waals surface area (Å²) in [7, 11) is 1.86. The zero-order chi connectivity index (χ0) is 15.6. The van der Waals surface area contributed by atoms with Crippen LogP contribution in [0.15, 0.2) is 12.4 Å². The average Bonchev–Trinajstić information content (AvgIpc) is 3.03. The molecular formula is C14H22N4O3. The molecule has 0 aromatic carbocycles. The zero-order valence-corrected chi connectivity index (χ0v) is 12.7. The molecule has 1 aliphatic rings. The van der Waals surface area contributed by atoms with Gasteiger partial charge in [-0.05, 0) is 12.3 Å². The van der Waals surface area contributed by atoms with E-state index < -0.39 is 11.4 Å². The van der Waals surface area contributed by atoms with E-state index in [1.54, 1.807) is 11.1 Å². The molecule has 1 aromatic rings. The van der Waals surface area contributed by atoms with Gasteiger partial charge in [0.25, 0.3) is 0 Å². The van der Waals surface area contributed by atoms with Gasteiger partial charge in [-0.1, -0.05) is 13.8 Å². The van der Waals surface area contributed by atoms with E-state index >= 15 is 0 Å². The zero-order valence-electron chi connectivity index (χ0n) is 12.7. The van der Waals surface area contributed by atoms with Crippen LogP contribution in [-0.2, 0) is 18.4 Å². The molecule has 1 unspecified atom stereocenters. The molecule has 0 radical (unpaired) electrons. The number of aliphatic carboxylic acids is 1. The first-order valence-electron chi connectivity index (χ1n) is 7.09. The third-order valence-electron chi connectivity index (χ3n) is 4.44. The first-order valence-corrected chi connectivity index (χ1v) is 7.09. The van der Waals surface area contributed by atoms with E-state index in [2.05, 4.69) is 10.3 Å². The van der Waals surface area contributed by atoms with Gasteiger partial charge in [0.2, 0.25) is 0 Å². The van der Waals surface area contributed by atoms with Crippen molar-refractivity contribution in [2.45, 2.75) is 26.8 Å². The van der Waals surface area contributed by atoms with Crippen LogP contribution in [-0.4, -0.2) is 44.6 Å². The van der Waals surface area contributed by atoms with Crippen molar-refractivity contribution < 1.29 is 14.7 Å². The Morgan fingerprint density at radius 1 is 1.52 bits per heavy atom. The Labute approximate surface area is 124 Å². The van der Waals surface area contributed by atoms with Gasteiger partial charge in [-0.3, -0.25) is 4.79 Å². The maximum absolute atomic E-state index is 12.2. The summed E-state index contributed by atoms with van der Waals surface area (Å²) < 4.78 is 1.83. The van der Waals surface area contributed by atoms with Crippen molar-refractivity contribution in [1.82, 2.24) is 19.8 Å². The second-order valence-corrected chi connectivity index (χ2v) is 5.90. The van der Waals surface area contributed by atoms with Crippen LogP contribution >= 0.6 is 0 Å². The van der Waals surface area contributed by atoms with Crippen LogP contribution in [0.25, 0.3) is 0 Å². The van der Waals surface area contributed by atoms with E-state index in [0.29, 0.717) is 19.5 Å². The first kappa shape index (κ1) is 15.3. The number of hydrogen-bond donors (Lipinski definition) is 2. The normalized spacial score (nSPS) is 21.8. The molecule has 7 heteroatoms. The number of imidazole rings is 1. The fourth-order valence-electron chi connectivity index (χ4n) is 2.73. The molecule has 0 bridgehead atoms. The third kappa shape index (κ3) is 2.86. The maximum atomic E-state index is 12.2. The summed E-state index contributed by atoms with van der Waals surface area (Å²) in [6.45, 7) is 4.84. The van der Waals surface area contributed by atoms with Crippen molar-refractivity contribution >= 4 is 12.0 Å². The van der Waals surface area contributed by atoms with Gasteiger partial charge < -0.3 is 19.9 Å². The van der Waals surface area contributed by atoms with Crippen LogP contribution in [0.5, 0.6) is 0 Å². The van der Waals surface area contributed by atoms with Gasteiger partial charge in [0.05, 0.1) is 12.0 Å². The number of urea groups is 1. The van der Waals surface area contributed by atoms with E-state index in [1.165, 1.54) is 0 Å². The summed E-state index contributed by atoms with van der Waals surface area (Å²) in [5, 5.41) is 12.3. The standard InChI is InChI=1S/C14H22N4O3/c1-10(2)14(12(19)20)4-6-18(9-14)13(21)16-8-11-15-5-7-17(11)3/h5,7,10H,4,6,8-9H2,1-3H3,(H,16,21)(H,19,20). The molecule has 2 amide bonds. The Hall–Kier alpha value is -2.05. The summed E-state index contributed by atoms with van der Waals surface area (Å²) in [4.78, 5) is 29.4. The predicted octanol–water partition coefficient (Wildman–Crippen LogP) is 1.06. The van der Waals surface area contributed by atoms with Crippen molar-refractivity contribution in [3.05, 3.63) is 18.2 Å². The molecule has 0 saturated carbocycles. The Morgan fingerprint density at radius 2 is 2.24 bits per heavy atom. The second kappa shape index (κ2) is 5.75. The van der Waals surface area contributed by atoms with Gasteiger partial charge >= 0.3 is 12.0 Å². The van der Waals surface area contributed by atoms with Crippen molar-refractivity contribution in [2.75, 3.05) is 13.1 Å². The number of hydrogen-bond acceptors (Lipinski definition) is 3. The molecular weight excluding hydrogens is 272 g/mol. The first-order chi connectivity index (χ1) is 9.86. The summed E-state index contributed by atoms with van der Waals surface area (Å²) in [6, 6.07) is -0.234. The highest BCUT2D eigenvalue weighted by Gasteiger charge is 2.48. The van der Waals surface area contributed by atoms with Crippen molar-refractivity contribution in [3.8, 4) is 0 Å². The van der Waals surface area contributed by atoms with Gasteiger partial charge in [-0.2, -0.15) is 0 Å². The molecule has 116 valence electrons. The SMILES string of the molecule is CC(C)C1(C(=O)O)CCN(C(=O)NCc2nccn2C)C1. The largest absolute Gasteiger partial charge is 0.481 e. The average molecular weight is 294 g/mol. The Balaban J connectivity index is 1.96. The van der Waals surface area contributed by atoms with Gasteiger partial charge in [-0.25, -0.2) is 9.78 Å².